The van der Waals surface area contributed by atoms with E-state index >= 15 is 0 Å². The fraction of sp³-hybridized carbons (Fsp3) is 1.00. The van der Waals surface area contributed by atoms with Crippen LogP contribution in [0.2, 0.25) is 0 Å². The molecule has 0 aliphatic rings. The summed E-state index contributed by atoms with van der Waals surface area (Å²) in [6.07, 6.45) is 0.569. The molecule has 0 rings (SSSR count). The van der Waals surface area contributed by atoms with Gasteiger partial charge in [-0.2, -0.15) is 14.7 Å². The van der Waals surface area contributed by atoms with Crippen molar-refractivity contribution in [3.05, 3.63) is 14.7 Å². The Kier molecular flexibility index (Phi) is 5.75. The first-order valence-electron chi connectivity index (χ1n) is 4.11. The van der Waals surface area contributed by atoms with Crippen molar-refractivity contribution in [1.82, 2.24) is 0 Å². The molecule has 6 nitrogen and oxygen atoms in total. The maximum absolute atomic E-state index is 10.3. The second-order valence-electron chi connectivity index (χ2n) is 3.14. The molecule has 0 radical (unpaired) electrons. The molecule has 0 aliphatic carbocycles. The zero-order valence-corrected chi connectivity index (χ0v) is 7.71. The van der Waals surface area contributed by atoms with Crippen molar-refractivity contribution in [2.75, 3.05) is 0 Å². The normalized spacial score (nSPS) is 17.1. The maximum atomic E-state index is 10.3. The number of nitroso groups, excluding NO2 is 3. The summed E-state index contributed by atoms with van der Waals surface area (Å²) in [6.45, 7) is 3.20. The predicted octanol–water partition coefficient (Wildman–Crippen LogP) is 2.21. The largest absolute Gasteiger partial charge is 0.151 e. The minimum atomic E-state index is -0.541. The Morgan fingerprint density at radius 1 is 0.846 bits per heavy atom. The van der Waals surface area contributed by atoms with Crippen LogP contribution >= 0.6 is 0 Å². The van der Waals surface area contributed by atoms with Crippen LogP contribution in [-0.2, 0) is 0 Å². The number of hydrogen-bond donors (Lipinski definition) is 0. The lowest BCUT2D eigenvalue weighted by Crippen LogP contribution is -2.16. The van der Waals surface area contributed by atoms with Crippen LogP contribution in [0.4, 0.5) is 0 Å². The lowest BCUT2D eigenvalue weighted by Gasteiger charge is -2.10. The Morgan fingerprint density at radius 2 is 1.23 bits per heavy atom. The van der Waals surface area contributed by atoms with Gasteiger partial charge in [0, 0.05) is 0 Å². The van der Waals surface area contributed by atoms with Gasteiger partial charge in [-0.1, -0.05) is 15.5 Å². The molecule has 2 atom stereocenters. The molecule has 2 unspecified atom stereocenters. The first-order chi connectivity index (χ1) is 6.13. The van der Waals surface area contributed by atoms with Gasteiger partial charge < -0.3 is 0 Å². The summed E-state index contributed by atoms with van der Waals surface area (Å²) in [6, 6.07) is -1.43. The van der Waals surface area contributed by atoms with E-state index in [2.05, 4.69) is 15.5 Å². The third-order valence-corrected chi connectivity index (χ3v) is 1.74. The molecule has 0 N–H and O–H groups in total. The summed E-state index contributed by atoms with van der Waals surface area (Å²) < 4.78 is 0. The van der Waals surface area contributed by atoms with Gasteiger partial charge in [-0.3, -0.25) is 0 Å². The molecular weight excluding hydrogens is 174 g/mol. The maximum Gasteiger partial charge on any atom is 0.0962 e. The Hall–Kier alpha value is -1.20. The second kappa shape index (κ2) is 6.33. The van der Waals surface area contributed by atoms with Gasteiger partial charge in [-0.05, 0) is 26.7 Å². The van der Waals surface area contributed by atoms with Crippen molar-refractivity contribution >= 4 is 0 Å². The summed E-state index contributed by atoms with van der Waals surface area (Å²) in [5.41, 5.74) is 0. The minimum Gasteiger partial charge on any atom is -0.151 e. The Balaban J connectivity index is 3.95. The lowest BCUT2D eigenvalue weighted by molar-refractivity contribution is 0.481. The summed E-state index contributed by atoms with van der Waals surface area (Å²) >= 11 is 0. The fourth-order valence-corrected chi connectivity index (χ4v) is 1.06. The third kappa shape index (κ3) is 5.10. The minimum absolute atomic E-state index is 0.285. The second-order valence-corrected chi connectivity index (χ2v) is 3.14. The first-order valence-corrected chi connectivity index (χ1v) is 4.11. The quantitative estimate of drug-likeness (QED) is 0.572. The zero-order chi connectivity index (χ0) is 10.3. The molecule has 0 fully saturated rings. The molecule has 0 amide bonds. The lowest BCUT2D eigenvalue weighted by atomic mass is 10.0. The average molecular weight is 187 g/mol. The van der Waals surface area contributed by atoms with Crippen molar-refractivity contribution < 1.29 is 0 Å². The third-order valence-electron chi connectivity index (χ3n) is 1.74. The number of hydrogen-bond acceptors (Lipinski definition) is 6. The van der Waals surface area contributed by atoms with E-state index in [4.69, 9.17) is 0 Å². The molecule has 0 spiro atoms. The molecule has 0 aromatic rings. The Bertz CT molecular complexity index is 170. The molecule has 0 heterocycles. The van der Waals surface area contributed by atoms with Crippen molar-refractivity contribution in [3.8, 4) is 0 Å². The molecule has 13 heavy (non-hydrogen) atoms. The molecule has 0 saturated carbocycles. The molecule has 0 aromatic heterocycles. The highest BCUT2D eigenvalue weighted by Crippen LogP contribution is 2.12. The summed E-state index contributed by atoms with van der Waals surface area (Å²) in [5.74, 6) is 0. The van der Waals surface area contributed by atoms with Crippen LogP contribution in [0.1, 0.15) is 26.7 Å². The monoisotopic (exact) mass is 187 g/mol. The highest BCUT2D eigenvalue weighted by molar-refractivity contribution is 4.76. The summed E-state index contributed by atoms with van der Waals surface area (Å²) in [7, 11) is 0. The highest BCUT2D eigenvalue weighted by atomic mass is 16.3. The molecule has 6 heteroatoms. The standard InChI is InChI=1S/C7H13N3O3/c1-5(8-11)3-7(10-13)4-6(2)9-12/h5-7H,3-4H2,1-2H3. The van der Waals surface area contributed by atoms with Crippen LogP contribution in [0.15, 0.2) is 15.5 Å². The Labute approximate surface area is 76.0 Å². The van der Waals surface area contributed by atoms with E-state index in [1.807, 2.05) is 0 Å². The smallest absolute Gasteiger partial charge is 0.0962 e. The van der Waals surface area contributed by atoms with Crippen LogP contribution in [0.3, 0.4) is 0 Å². The molecule has 0 saturated heterocycles. The van der Waals surface area contributed by atoms with Gasteiger partial charge in [0.25, 0.3) is 0 Å². The van der Waals surface area contributed by atoms with Crippen molar-refractivity contribution in [1.29, 1.82) is 0 Å². The van der Waals surface area contributed by atoms with Crippen LogP contribution in [0.5, 0.6) is 0 Å². The number of nitrogens with zero attached hydrogens (tertiary/aromatic N) is 3. The van der Waals surface area contributed by atoms with Gasteiger partial charge in [-0.15, -0.1) is 0 Å². The number of rotatable bonds is 7. The highest BCUT2D eigenvalue weighted by Gasteiger charge is 2.17. The molecule has 74 valence electrons. The summed E-state index contributed by atoms with van der Waals surface area (Å²) in [4.78, 5) is 30.3. The van der Waals surface area contributed by atoms with Crippen molar-refractivity contribution in [2.24, 2.45) is 15.5 Å². The predicted molar refractivity (Wildman–Crippen MR) is 49.3 cm³/mol. The van der Waals surface area contributed by atoms with Crippen LogP contribution in [0.25, 0.3) is 0 Å². The van der Waals surface area contributed by atoms with E-state index in [-0.39, 0.29) is 12.8 Å². The Morgan fingerprint density at radius 3 is 1.46 bits per heavy atom. The van der Waals surface area contributed by atoms with Gasteiger partial charge >= 0.3 is 0 Å². The SMILES string of the molecule is CC(CC(CC(C)N=O)N=O)N=O. The topological polar surface area (TPSA) is 88.3 Å². The molecule has 0 aliphatic heterocycles. The fourth-order valence-electron chi connectivity index (χ4n) is 1.06. The molecular formula is C7H13N3O3. The van der Waals surface area contributed by atoms with Crippen LogP contribution in [0, 0.1) is 14.7 Å². The van der Waals surface area contributed by atoms with Gasteiger partial charge in [0.1, 0.15) is 0 Å². The van der Waals surface area contributed by atoms with Gasteiger partial charge in [-0.25, -0.2) is 0 Å². The van der Waals surface area contributed by atoms with E-state index in [0.29, 0.717) is 0 Å². The van der Waals surface area contributed by atoms with E-state index in [1.54, 1.807) is 13.8 Å². The van der Waals surface area contributed by atoms with Gasteiger partial charge in [0.15, 0.2) is 0 Å². The van der Waals surface area contributed by atoms with Crippen LogP contribution in [-0.4, -0.2) is 18.1 Å². The average Bonchev–Trinajstić information content (AvgIpc) is 2.16. The van der Waals surface area contributed by atoms with Crippen molar-refractivity contribution in [2.45, 2.75) is 44.8 Å². The van der Waals surface area contributed by atoms with E-state index < -0.39 is 18.1 Å². The van der Waals surface area contributed by atoms with E-state index in [0.717, 1.165) is 0 Å². The zero-order valence-electron chi connectivity index (χ0n) is 7.71. The van der Waals surface area contributed by atoms with Crippen LogP contribution < -0.4 is 0 Å². The van der Waals surface area contributed by atoms with E-state index in [1.165, 1.54) is 0 Å². The first kappa shape index (κ1) is 11.8. The van der Waals surface area contributed by atoms with Gasteiger partial charge in [0.2, 0.25) is 0 Å². The van der Waals surface area contributed by atoms with E-state index in [9.17, 15) is 14.7 Å². The molecule has 0 bridgehead atoms. The van der Waals surface area contributed by atoms with Gasteiger partial charge in [0.05, 0.1) is 18.1 Å². The summed E-state index contributed by atoms with van der Waals surface area (Å²) in [5, 5.41) is 8.32. The van der Waals surface area contributed by atoms with Crippen molar-refractivity contribution in [3.63, 3.8) is 0 Å². The molecule has 0 aromatic carbocycles.